The zero-order valence-corrected chi connectivity index (χ0v) is 12.6. The lowest BCUT2D eigenvalue weighted by atomic mass is 10.0. The van der Waals surface area contributed by atoms with Crippen LogP contribution in [0.15, 0.2) is 18.2 Å². The van der Waals surface area contributed by atoms with Gasteiger partial charge in [0.1, 0.15) is 0 Å². The molecule has 0 aliphatic heterocycles. The van der Waals surface area contributed by atoms with Gasteiger partial charge in [-0.1, -0.05) is 39.5 Å². The summed E-state index contributed by atoms with van der Waals surface area (Å²) in [7, 11) is 0. The fourth-order valence-corrected chi connectivity index (χ4v) is 2.12. The molecule has 0 aromatic heterocycles. The zero-order chi connectivity index (χ0) is 15.0. The number of nitrogens with two attached hydrogens (primary N) is 2. The van der Waals surface area contributed by atoms with E-state index in [2.05, 4.69) is 19.2 Å². The van der Waals surface area contributed by atoms with Gasteiger partial charge in [0.15, 0.2) is 0 Å². The van der Waals surface area contributed by atoms with E-state index in [9.17, 15) is 4.79 Å². The number of carbonyl (C=O) groups excluding carboxylic acids is 1. The second kappa shape index (κ2) is 8.46. The molecule has 112 valence electrons. The van der Waals surface area contributed by atoms with Crippen molar-refractivity contribution in [1.82, 2.24) is 0 Å². The third-order valence-electron chi connectivity index (χ3n) is 3.36. The van der Waals surface area contributed by atoms with E-state index in [0.29, 0.717) is 11.3 Å². The van der Waals surface area contributed by atoms with Crippen molar-refractivity contribution >= 4 is 17.3 Å². The van der Waals surface area contributed by atoms with Gasteiger partial charge in [0.05, 0.1) is 11.4 Å². The Morgan fingerprint density at radius 2 is 1.90 bits per heavy atom. The van der Waals surface area contributed by atoms with Gasteiger partial charge in [0.2, 0.25) is 5.91 Å². The highest BCUT2D eigenvalue weighted by molar-refractivity contribution is 5.94. The smallest absolute Gasteiger partial charge is 0.248 e. The van der Waals surface area contributed by atoms with Gasteiger partial charge < -0.3 is 16.8 Å². The molecule has 0 aliphatic rings. The minimum absolute atomic E-state index is 0.429. The molecule has 1 rings (SSSR count). The van der Waals surface area contributed by atoms with E-state index in [-0.39, 0.29) is 0 Å². The number of hydrogen-bond donors (Lipinski definition) is 3. The first-order valence-electron chi connectivity index (χ1n) is 7.44. The van der Waals surface area contributed by atoms with E-state index in [1.807, 2.05) is 0 Å². The number of unbranched alkanes of at least 4 members (excludes halogenated alkanes) is 3. The van der Waals surface area contributed by atoms with Crippen molar-refractivity contribution in [3.05, 3.63) is 23.8 Å². The number of primary amides is 1. The van der Waals surface area contributed by atoms with Gasteiger partial charge in [-0.3, -0.25) is 4.79 Å². The average Bonchev–Trinajstić information content (AvgIpc) is 2.38. The van der Waals surface area contributed by atoms with Crippen molar-refractivity contribution in [2.24, 2.45) is 11.7 Å². The maximum absolute atomic E-state index is 11.1. The molecular formula is C16H27N3O. The standard InChI is InChI=1S/C16H27N3O/c1-12(2)7-5-3-4-6-10-19-15-11-13(16(18)20)8-9-14(15)17/h8-9,11-12,19H,3-7,10,17H2,1-2H3,(H2,18,20). The summed E-state index contributed by atoms with van der Waals surface area (Å²) in [6, 6.07) is 5.08. The van der Waals surface area contributed by atoms with Gasteiger partial charge in [-0.25, -0.2) is 0 Å². The van der Waals surface area contributed by atoms with Crippen molar-refractivity contribution in [3.63, 3.8) is 0 Å². The third-order valence-corrected chi connectivity index (χ3v) is 3.36. The molecule has 0 saturated carbocycles. The Bertz CT molecular complexity index is 430. The highest BCUT2D eigenvalue weighted by atomic mass is 16.1. The Kier molecular flexibility index (Phi) is 6.91. The van der Waals surface area contributed by atoms with E-state index < -0.39 is 5.91 Å². The van der Waals surface area contributed by atoms with Crippen LogP contribution >= 0.6 is 0 Å². The lowest BCUT2D eigenvalue weighted by Gasteiger charge is -2.10. The van der Waals surface area contributed by atoms with Gasteiger partial charge in [0.25, 0.3) is 0 Å². The topological polar surface area (TPSA) is 81.1 Å². The second-order valence-corrected chi connectivity index (χ2v) is 5.69. The molecule has 0 saturated heterocycles. The Morgan fingerprint density at radius 1 is 1.20 bits per heavy atom. The molecule has 4 nitrogen and oxygen atoms in total. The van der Waals surface area contributed by atoms with Crippen molar-refractivity contribution in [2.75, 3.05) is 17.6 Å². The lowest BCUT2D eigenvalue weighted by Crippen LogP contribution is -2.12. The number of amides is 1. The first-order valence-corrected chi connectivity index (χ1v) is 7.44. The molecule has 0 aliphatic carbocycles. The molecule has 1 aromatic rings. The molecule has 0 fully saturated rings. The first-order chi connectivity index (χ1) is 9.50. The lowest BCUT2D eigenvalue weighted by molar-refractivity contribution is 0.100. The Hall–Kier alpha value is -1.71. The summed E-state index contributed by atoms with van der Waals surface area (Å²) in [6.45, 7) is 5.39. The Morgan fingerprint density at radius 3 is 2.55 bits per heavy atom. The van der Waals surface area contributed by atoms with E-state index >= 15 is 0 Å². The number of nitrogens with one attached hydrogen (secondary N) is 1. The van der Waals surface area contributed by atoms with Crippen LogP contribution in [0.1, 0.15) is 56.3 Å². The van der Waals surface area contributed by atoms with E-state index in [0.717, 1.165) is 24.6 Å². The molecule has 0 heterocycles. The van der Waals surface area contributed by atoms with Crippen LogP contribution in [-0.2, 0) is 0 Å². The number of benzene rings is 1. The summed E-state index contributed by atoms with van der Waals surface area (Å²) in [5.41, 5.74) is 13.1. The molecule has 0 atom stereocenters. The summed E-state index contributed by atoms with van der Waals surface area (Å²) in [4.78, 5) is 11.1. The quantitative estimate of drug-likeness (QED) is 0.478. The number of anilines is 2. The van der Waals surface area contributed by atoms with E-state index in [1.54, 1.807) is 18.2 Å². The van der Waals surface area contributed by atoms with Gasteiger partial charge in [-0.05, 0) is 30.5 Å². The molecule has 20 heavy (non-hydrogen) atoms. The van der Waals surface area contributed by atoms with Gasteiger partial charge in [-0.2, -0.15) is 0 Å². The summed E-state index contributed by atoms with van der Waals surface area (Å²) >= 11 is 0. The van der Waals surface area contributed by atoms with Crippen LogP contribution in [0.25, 0.3) is 0 Å². The molecule has 0 bridgehead atoms. The predicted octanol–water partition coefficient (Wildman–Crippen LogP) is 3.39. The molecule has 4 heteroatoms. The molecule has 0 radical (unpaired) electrons. The van der Waals surface area contributed by atoms with E-state index in [1.165, 1.54) is 25.7 Å². The fourth-order valence-electron chi connectivity index (χ4n) is 2.12. The van der Waals surface area contributed by atoms with Crippen molar-refractivity contribution < 1.29 is 4.79 Å². The van der Waals surface area contributed by atoms with Crippen molar-refractivity contribution in [3.8, 4) is 0 Å². The summed E-state index contributed by atoms with van der Waals surface area (Å²) < 4.78 is 0. The van der Waals surface area contributed by atoms with Crippen LogP contribution in [0.2, 0.25) is 0 Å². The molecule has 1 amide bonds. The van der Waals surface area contributed by atoms with Crippen LogP contribution in [0, 0.1) is 5.92 Å². The number of carbonyl (C=O) groups is 1. The second-order valence-electron chi connectivity index (χ2n) is 5.69. The van der Waals surface area contributed by atoms with E-state index in [4.69, 9.17) is 11.5 Å². The largest absolute Gasteiger partial charge is 0.397 e. The summed E-state index contributed by atoms with van der Waals surface area (Å²) in [5, 5.41) is 3.28. The highest BCUT2D eigenvalue weighted by Gasteiger charge is 2.04. The van der Waals surface area contributed by atoms with Crippen molar-refractivity contribution in [2.45, 2.75) is 46.0 Å². The number of rotatable bonds is 9. The van der Waals surface area contributed by atoms with Crippen LogP contribution < -0.4 is 16.8 Å². The van der Waals surface area contributed by atoms with Crippen LogP contribution in [0.3, 0.4) is 0 Å². The van der Waals surface area contributed by atoms with Gasteiger partial charge in [0, 0.05) is 12.1 Å². The molecule has 1 aromatic carbocycles. The van der Waals surface area contributed by atoms with Crippen LogP contribution in [0.5, 0.6) is 0 Å². The Labute approximate surface area is 121 Å². The predicted molar refractivity (Wildman–Crippen MR) is 85.8 cm³/mol. The van der Waals surface area contributed by atoms with Crippen LogP contribution in [-0.4, -0.2) is 12.5 Å². The zero-order valence-electron chi connectivity index (χ0n) is 12.6. The molecule has 5 N–H and O–H groups in total. The van der Waals surface area contributed by atoms with Gasteiger partial charge in [-0.15, -0.1) is 0 Å². The summed E-state index contributed by atoms with van der Waals surface area (Å²) in [5.74, 6) is 0.367. The molecule has 0 unspecified atom stereocenters. The van der Waals surface area contributed by atoms with Crippen LogP contribution in [0.4, 0.5) is 11.4 Å². The SMILES string of the molecule is CC(C)CCCCCCNc1cc(C(N)=O)ccc1N. The number of hydrogen-bond acceptors (Lipinski definition) is 3. The minimum Gasteiger partial charge on any atom is -0.397 e. The normalized spacial score (nSPS) is 10.8. The fraction of sp³-hybridized carbons (Fsp3) is 0.562. The monoisotopic (exact) mass is 277 g/mol. The highest BCUT2D eigenvalue weighted by Crippen LogP contribution is 2.20. The number of nitrogen functional groups attached to an aromatic ring is 1. The average molecular weight is 277 g/mol. The maximum atomic E-state index is 11.1. The first kappa shape index (κ1) is 16.3. The summed E-state index contributed by atoms with van der Waals surface area (Å²) in [6.07, 6.45) is 6.21. The third kappa shape index (κ3) is 5.95. The maximum Gasteiger partial charge on any atom is 0.248 e. The van der Waals surface area contributed by atoms with Gasteiger partial charge >= 0.3 is 0 Å². The molecular weight excluding hydrogens is 250 g/mol. The van der Waals surface area contributed by atoms with Crippen molar-refractivity contribution in [1.29, 1.82) is 0 Å². The Balaban J connectivity index is 2.28. The molecule has 0 spiro atoms. The minimum atomic E-state index is -0.429.